The second-order valence-corrected chi connectivity index (χ2v) is 7.39. The van der Waals surface area contributed by atoms with E-state index in [0.717, 1.165) is 13.1 Å². The second kappa shape index (κ2) is 7.39. The molecule has 0 aromatic rings. The van der Waals surface area contributed by atoms with Gasteiger partial charge in [0.2, 0.25) is 0 Å². The zero-order valence-corrected chi connectivity index (χ0v) is 14.2. The van der Waals surface area contributed by atoms with Gasteiger partial charge < -0.3 is 9.64 Å². The van der Waals surface area contributed by atoms with E-state index in [0.29, 0.717) is 13.2 Å². The number of nitrogens with zero attached hydrogens (tertiary/aromatic N) is 1. The molecule has 0 aromatic carbocycles. The minimum Gasteiger partial charge on any atom is -0.380 e. The van der Waals surface area contributed by atoms with E-state index in [1.54, 1.807) is 0 Å². The zero-order valence-electron chi connectivity index (χ0n) is 14.2. The van der Waals surface area contributed by atoms with E-state index in [2.05, 4.69) is 32.7 Å². The fourth-order valence-corrected chi connectivity index (χ4v) is 2.32. The summed E-state index contributed by atoms with van der Waals surface area (Å²) in [6.45, 7) is 17.6. The summed E-state index contributed by atoms with van der Waals surface area (Å²) in [6.07, 6.45) is 0. The monoisotopic (exact) mass is 271 g/mol. The molecule has 0 radical (unpaired) electrons. The molecule has 0 atom stereocenters. The number of carbonyl (C=O) groups is 1. The maximum atomic E-state index is 12.1. The first-order valence-electron chi connectivity index (χ1n) is 7.32. The smallest absolute Gasteiger partial charge is 0.143 e. The van der Waals surface area contributed by atoms with Gasteiger partial charge in [0.25, 0.3) is 0 Å². The summed E-state index contributed by atoms with van der Waals surface area (Å²) in [5.41, 5.74) is -0.275. The van der Waals surface area contributed by atoms with Gasteiger partial charge in [-0.1, -0.05) is 48.5 Å². The number of Topliss-reactive ketones (excluding diaryl/α,β-unsaturated/α-hetero) is 1. The fraction of sp³-hybridized carbons (Fsp3) is 0.938. The lowest BCUT2D eigenvalue weighted by molar-refractivity contribution is -0.134. The molecule has 0 bridgehead atoms. The molecule has 0 saturated carbocycles. The van der Waals surface area contributed by atoms with Gasteiger partial charge in [-0.25, -0.2) is 0 Å². The molecule has 0 heterocycles. The summed E-state index contributed by atoms with van der Waals surface area (Å²) in [5, 5.41) is 0. The Balaban J connectivity index is 4.24. The largest absolute Gasteiger partial charge is 0.380 e. The highest BCUT2D eigenvalue weighted by atomic mass is 16.5. The molecule has 0 aliphatic rings. The summed E-state index contributed by atoms with van der Waals surface area (Å²) in [7, 11) is 2.12. The van der Waals surface area contributed by atoms with Gasteiger partial charge in [0.15, 0.2) is 0 Å². The van der Waals surface area contributed by atoms with Crippen LogP contribution in [0.2, 0.25) is 0 Å². The van der Waals surface area contributed by atoms with E-state index < -0.39 is 0 Å². The van der Waals surface area contributed by atoms with E-state index in [1.807, 2.05) is 27.7 Å². The number of carbonyl (C=O) groups excluding carboxylic acids is 1. The van der Waals surface area contributed by atoms with Crippen LogP contribution in [0.15, 0.2) is 0 Å². The molecule has 0 aliphatic carbocycles. The Morgan fingerprint density at radius 3 is 2.11 bits per heavy atom. The number of hydrogen-bond acceptors (Lipinski definition) is 3. The van der Waals surface area contributed by atoms with Crippen molar-refractivity contribution in [1.82, 2.24) is 4.90 Å². The van der Waals surface area contributed by atoms with Crippen molar-refractivity contribution in [2.45, 2.75) is 48.5 Å². The van der Waals surface area contributed by atoms with Crippen LogP contribution in [0.1, 0.15) is 48.5 Å². The van der Waals surface area contributed by atoms with E-state index in [1.165, 1.54) is 0 Å². The molecule has 0 aliphatic heterocycles. The average molecular weight is 271 g/mol. The molecule has 0 amide bonds. The minimum absolute atomic E-state index is 0.0674. The molecule has 3 nitrogen and oxygen atoms in total. The fourth-order valence-electron chi connectivity index (χ4n) is 2.32. The maximum Gasteiger partial charge on any atom is 0.143 e. The quantitative estimate of drug-likeness (QED) is 0.645. The van der Waals surface area contributed by atoms with Crippen LogP contribution in [-0.4, -0.2) is 44.0 Å². The lowest BCUT2D eigenvalue weighted by Gasteiger charge is -2.31. The van der Waals surface area contributed by atoms with Crippen molar-refractivity contribution in [3.63, 3.8) is 0 Å². The summed E-state index contributed by atoms with van der Waals surface area (Å²) < 4.78 is 5.83. The number of ketones is 1. The van der Waals surface area contributed by atoms with Crippen LogP contribution >= 0.6 is 0 Å². The topological polar surface area (TPSA) is 29.5 Å². The predicted octanol–water partition coefficient (Wildman–Crippen LogP) is 3.23. The van der Waals surface area contributed by atoms with Crippen LogP contribution in [0.4, 0.5) is 0 Å². The summed E-state index contributed by atoms with van der Waals surface area (Å²) >= 11 is 0. The first-order chi connectivity index (χ1) is 8.52. The van der Waals surface area contributed by atoms with Gasteiger partial charge in [0.1, 0.15) is 5.78 Å². The van der Waals surface area contributed by atoms with Crippen LogP contribution in [0.25, 0.3) is 0 Å². The molecule has 0 N–H and O–H groups in total. The van der Waals surface area contributed by atoms with Crippen molar-refractivity contribution in [3.8, 4) is 0 Å². The first-order valence-corrected chi connectivity index (χ1v) is 7.32. The summed E-state index contributed by atoms with van der Waals surface area (Å²) in [5.74, 6) is 0.341. The van der Waals surface area contributed by atoms with E-state index in [4.69, 9.17) is 4.74 Å². The van der Waals surface area contributed by atoms with Crippen molar-refractivity contribution >= 4 is 5.78 Å². The Labute approximate surface area is 119 Å². The number of ether oxygens (including phenoxy) is 1. The lowest BCUT2D eigenvalue weighted by atomic mass is 9.83. The molecule has 0 spiro atoms. The SMILES string of the molecule is CCN(C)CC(C)(C)COCC(C)(C)C(=O)C(C)C. The standard InChI is InChI=1S/C16H33NO2/c1-9-17(8)10-15(4,5)11-19-12-16(6,7)14(18)13(2)3/h13H,9-12H2,1-8H3. The molecule has 19 heavy (non-hydrogen) atoms. The summed E-state index contributed by atoms with van der Waals surface area (Å²) in [4.78, 5) is 14.3. The zero-order chi connectivity index (χ0) is 15.3. The third kappa shape index (κ3) is 7.07. The molecular formula is C16H33NO2. The van der Waals surface area contributed by atoms with Crippen molar-refractivity contribution in [2.75, 3.05) is 33.4 Å². The molecule has 0 saturated heterocycles. The molecule has 0 aromatic heterocycles. The molecular weight excluding hydrogens is 238 g/mol. The highest BCUT2D eigenvalue weighted by Crippen LogP contribution is 2.24. The maximum absolute atomic E-state index is 12.1. The van der Waals surface area contributed by atoms with E-state index in [9.17, 15) is 4.79 Å². The molecule has 0 unspecified atom stereocenters. The van der Waals surface area contributed by atoms with Crippen molar-refractivity contribution in [1.29, 1.82) is 0 Å². The van der Waals surface area contributed by atoms with Crippen molar-refractivity contribution in [3.05, 3.63) is 0 Å². The van der Waals surface area contributed by atoms with Gasteiger partial charge in [-0.3, -0.25) is 4.79 Å². The third-order valence-electron chi connectivity index (χ3n) is 3.38. The Kier molecular flexibility index (Phi) is 7.23. The predicted molar refractivity (Wildman–Crippen MR) is 81.4 cm³/mol. The minimum atomic E-state index is -0.388. The second-order valence-electron chi connectivity index (χ2n) is 7.39. The Bertz CT molecular complexity index is 282. The van der Waals surface area contributed by atoms with E-state index in [-0.39, 0.29) is 22.5 Å². The van der Waals surface area contributed by atoms with Crippen LogP contribution in [0.3, 0.4) is 0 Å². The highest BCUT2D eigenvalue weighted by molar-refractivity contribution is 5.85. The highest BCUT2D eigenvalue weighted by Gasteiger charge is 2.30. The number of rotatable bonds is 9. The Morgan fingerprint density at radius 1 is 1.16 bits per heavy atom. The number of hydrogen-bond donors (Lipinski definition) is 0. The van der Waals surface area contributed by atoms with Crippen LogP contribution < -0.4 is 0 Å². The van der Waals surface area contributed by atoms with Crippen molar-refractivity contribution in [2.24, 2.45) is 16.7 Å². The van der Waals surface area contributed by atoms with E-state index >= 15 is 0 Å². The van der Waals surface area contributed by atoms with Gasteiger partial charge in [0.05, 0.1) is 13.2 Å². The van der Waals surface area contributed by atoms with Crippen molar-refractivity contribution < 1.29 is 9.53 Å². The molecule has 0 fully saturated rings. The first kappa shape index (κ1) is 18.6. The molecule has 114 valence electrons. The Hall–Kier alpha value is -0.410. The van der Waals surface area contributed by atoms with Gasteiger partial charge in [-0.2, -0.15) is 0 Å². The van der Waals surface area contributed by atoms with Crippen LogP contribution in [0, 0.1) is 16.7 Å². The van der Waals surface area contributed by atoms with Crippen LogP contribution in [0.5, 0.6) is 0 Å². The third-order valence-corrected chi connectivity index (χ3v) is 3.38. The molecule has 3 heteroatoms. The Morgan fingerprint density at radius 2 is 1.68 bits per heavy atom. The lowest BCUT2D eigenvalue weighted by Crippen LogP contribution is -2.37. The average Bonchev–Trinajstić information content (AvgIpc) is 2.26. The van der Waals surface area contributed by atoms with Gasteiger partial charge in [-0.15, -0.1) is 0 Å². The summed E-state index contributed by atoms with van der Waals surface area (Å²) in [6, 6.07) is 0. The van der Waals surface area contributed by atoms with Gasteiger partial charge in [-0.05, 0) is 13.6 Å². The molecule has 0 rings (SSSR count). The van der Waals surface area contributed by atoms with Crippen LogP contribution in [-0.2, 0) is 9.53 Å². The van der Waals surface area contributed by atoms with Gasteiger partial charge in [0, 0.05) is 23.3 Å². The van der Waals surface area contributed by atoms with Gasteiger partial charge >= 0.3 is 0 Å². The normalized spacial score (nSPS) is 13.4.